The van der Waals surface area contributed by atoms with Gasteiger partial charge in [0, 0.05) is 0 Å². The Balaban J connectivity index is 2.83. The lowest BCUT2D eigenvalue weighted by atomic mass is 9.90. The highest BCUT2D eigenvalue weighted by atomic mass is 32.2. The van der Waals surface area contributed by atoms with Crippen LogP contribution in [0, 0.1) is 30.6 Å². The summed E-state index contributed by atoms with van der Waals surface area (Å²) >= 11 is 0. The molecule has 3 nitrogen and oxygen atoms in total. The van der Waals surface area contributed by atoms with Gasteiger partial charge in [0.2, 0.25) is 0 Å². The number of nitrogens with zero attached hydrogens (tertiary/aromatic N) is 1. The van der Waals surface area contributed by atoms with Gasteiger partial charge in [-0.2, -0.15) is 5.26 Å². The zero-order valence-electron chi connectivity index (χ0n) is 12.0. The van der Waals surface area contributed by atoms with Crippen molar-refractivity contribution in [2.75, 3.05) is 5.75 Å². The van der Waals surface area contributed by atoms with Gasteiger partial charge in [-0.25, -0.2) is 8.42 Å². The maximum Gasteiger partial charge on any atom is 0.178 e. The second kappa shape index (κ2) is 5.75. The molecular weight excluding hydrogens is 258 g/mol. The highest BCUT2D eigenvalue weighted by molar-refractivity contribution is 7.91. The van der Waals surface area contributed by atoms with Crippen LogP contribution in [0.2, 0.25) is 0 Å². The SMILES string of the molecule is Cc1ccc(C)c(S(=O)(=O)CCCC(C)(C)C#N)c1. The number of hydrogen-bond donors (Lipinski definition) is 0. The standard InChI is InChI=1S/C15H21NO2S/c1-12-6-7-13(2)14(10-12)19(17,18)9-5-8-15(3,4)11-16/h6-7,10H,5,8-9H2,1-4H3. The molecule has 0 atom stereocenters. The molecule has 1 aromatic rings. The quantitative estimate of drug-likeness (QED) is 0.830. The van der Waals surface area contributed by atoms with Gasteiger partial charge in [0.25, 0.3) is 0 Å². The Morgan fingerprint density at radius 3 is 2.47 bits per heavy atom. The van der Waals surface area contributed by atoms with Crippen LogP contribution >= 0.6 is 0 Å². The average molecular weight is 279 g/mol. The van der Waals surface area contributed by atoms with Crippen LogP contribution in [0.4, 0.5) is 0 Å². The lowest BCUT2D eigenvalue weighted by Gasteiger charge is -2.15. The number of benzene rings is 1. The molecule has 19 heavy (non-hydrogen) atoms. The Morgan fingerprint density at radius 1 is 1.26 bits per heavy atom. The van der Waals surface area contributed by atoms with Crippen molar-refractivity contribution in [3.63, 3.8) is 0 Å². The first-order chi connectivity index (χ1) is 8.68. The van der Waals surface area contributed by atoms with Crippen LogP contribution in [-0.4, -0.2) is 14.2 Å². The number of hydrogen-bond acceptors (Lipinski definition) is 3. The zero-order chi connectivity index (χ0) is 14.7. The van der Waals surface area contributed by atoms with Crippen molar-refractivity contribution in [2.24, 2.45) is 5.41 Å². The first-order valence-electron chi connectivity index (χ1n) is 6.39. The summed E-state index contributed by atoms with van der Waals surface area (Å²) in [6.07, 6.45) is 1.10. The van der Waals surface area contributed by atoms with E-state index in [1.807, 2.05) is 39.8 Å². The maximum absolute atomic E-state index is 12.3. The first kappa shape index (κ1) is 15.7. The van der Waals surface area contributed by atoms with Gasteiger partial charge >= 0.3 is 0 Å². The van der Waals surface area contributed by atoms with Crippen molar-refractivity contribution >= 4 is 9.84 Å². The molecule has 0 amide bonds. The average Bonchev–Trinajstić information content (AvgIpc) is 2.31. The molecular formula is C15H21NO2S. The van der Waals surface area contributed by atoms with Crippen molar-refractivity contribution in [3.05, 3.63) is 29.3 Å². The lowest BCUT2D eigenvalue weighted by molar-refractivity contribution is 0.445. The van der Waals surface area contributed by atoms with Gasteiger partial charge in [0.15, 0.2) is 9.84 Å². The Kier molecular flexibility index (Phi) is 4.75. The van der Waals surface area contributed by atoms with Crippen molar-refractivity contribution in [1.29, 1.82) is 5.26 Å². The fraction of sp³-hybridized carbons (Fsp3) is 0.533. The molecule has 0 saturated carbocycles. The van der Waals surface area contributed by atoms with E-state index in [2.05, 4.69) is 6.07 Å². The zero-order valence-corrected chi connectivity index (χ0v) is 12.8. The second-order valence-corrected chi connectivity index (χ2v) is 7.76. The predicted molar refractivity (Wildman–Crippen MR) is 76.6 cm³/mol. The topological polar surface area (TPSA) is 57.9 Å². The molecule has 1 aromatic carbocycles. The Morgan fingerprint density at radius 2 is 1.89 bits per heavy atom. The lowest BCUT2D eigenvalue weighted by Crippen LogP contribution is -2.13. The van der Waals surface area contributed by atoms with E-state index < -0.39 is 15.3 Å². The highest BCUT2D eigenvalue weighted by Crippen LogP contribution is 2.24. The smallest absolute Gasteiger partial charge is 0.178 e. The number of rotatable bonds is 5. The largest absolute Gasteiger partial charge is 0.224 e. The summed E-state index contributed by atoms with van der Waals surface area (Å²) < 4.78 is 24.6. The van der Waals surface area contributed by atoms with Gasteiger partial charge in [0.1, 0.15) is 0 Å². The highest BCUT2D eigenvalue weighted by Gasteiger charge is 2.21. The minimum Gasteiger partial charge on any atom is -0.224 e. The van der Waals surface area contributed by atoms with Gasteiger partial charge in [-0.3, -0.25) is 0 Å². The van der Waals surface area contributed by atoms with E-state index in [0.29, 0.717) is 17.7 Å². The van der Waals surface area contributed by atoms with Crippen LogP contribution in [0.3, 0.4) is 0 Å². The number of nitriles is 1. The van der Waals surface area contributed by atoms with E-state index in [1.165, 1.54) is 0 Å². The molecule has 0 heterocycles. The van der Waals surface area contributed by atoms with Crippen LogP contribution in [0.5, 0.6) is 0 Å². The van der Waals surface area contributed by atoms with Crippen LogP contribution in [0.25, 0.3) is 0 Å². The third-order valence-electron chi connectivity index (χ3n) is 3.20. The molecule has 0 aliphatic rings. The molecule has 1 rings (SSSR count). The Bertz CT molecular complexity index is 595. The van der Waals surface area contributed by atoms with Gasteiger partial charge in [-0.05, 0) is 57.7 Å². The molecule has 104 valence electrons. The Labute approximate surface area is 116 Å². The molecule has 0 aliphatic carbocycles. The first-order valence-corrected chi connectivity index (χ1v) is 8.04. The van der Waals surface area contributed by atoms with Gasteiger partial charge in [0.05, 0.1) is 22.1 Å². The van der Waals surface area contributed by atoms with Crippen molar-refractivity contribution in [3.8, 4) is 6.07 Å². The van der Waals surface area contributed by atoms with Crippen LogP contribution in [0.15, 0.2) is 23.1 Å². The molecule has 0 unspecified atom stereocenters. The van der Waals surface area contributed by atoms with E-state index in [1.54, 1.807) is 6.07 Å². The van der Waals surface area contributed by atoms with Gasteiger partial charge in [-0.1, -0.05) is 12.1 Å². The molecule has 0 N–H and O–H groups in total. The van der Waals surface area contributed by atoms with E-state index >= 15 is 0 Å². The Hall–Kier alpha value is -1.34. The number of aryl methyl sites for hydroxylation is 2. The molecule has 0 aromatic heterocycles. The van der Waals surface area contributed by atoms with Crippen molar-refractivity contribution in [2.45, 2.75) is 45.4 Å². The van der Waals surface area contributed by atoms with Gasteiger partial charge < -0.3 is 0 Å². The van der Waals surface area contributed by atoms with E-state index in [9.17, 15) is 8.42 Å². The predicted octanol–water partition coefficient (Wildman–Crippen LogP) is 3.41. The van der Waals surface area contributed by atoms with Crippen molar-refractivity contribution in [1.82, 2.24) is 0 Å². The molecule has 0 bridgehead atoms. The summed E-state index contributed by atoms with van der Waals surface area (Å²) in [6.45, 7) is 7.36. The van der Waals surface area contributed by atoms with E-state index in [-0.39, 0.29) is 5.75 Å². The summed E-state index contributed by atoms with van der Waals surface area (Å²) in [5, 5.41) is 8.92. The molecule has 0 fully saturated rings. The van der Waals surface area contributed by atoms with Crippen LogP contribution in [0.1, 0.15) is 37.8 Å². The third-order valence-corrected chi connectivity index (χ3v) is 5.13. The third kappa shape index (κ3) is 4.36. The summed E-state index contributed by atoms with van der Waals surface area (Å²) in [6, 6.07) is 7.66. The second-order valence-electron chi connectivity index (χ2n) is 5.69. The van der Waals surface area contributed by atoms with E-state index in [4.69, 9.17) is 5.26 Å². The summed E-state index contributed by atoms with van der Waals surface area (Å²) in [5.41, 5.74) is 1.27. The maximum atomic E-state index is 12.3. The molecule has 0 radical (unpaired) electrons. The van der Waals surface area contributed by atoms with Crippen LogP contribution < -0.4 is 0 Å². The molecule has 0 spiro atoms. The van der Waals surface area contributed by atoms with Gasteiger partial charge in [-0.15, -0.1) is 0 Å². The molecule has 0 saturated heterocycles. The monoisotopic (exact) mass is 279 g/mol. The molecule has 4 heteroatoms. The fourth-order valence-corrected chi connectivity index (χ4v) is 3.58. The summed E-state index contributed by atoms with van der Waals surface area (Å²) in [4.78, 5) is 0.419. The van der Waals surface area contributed by atoms with E-state index in [0.717, 1.165) is 11.1 Å². The van der Waals surface area contributed by atoms with Crippen molar-refractivity contribution < 1.29 is 8.42 Å². The number of sulfone groups is 1. The normalized spacial score (nSPS) is 12.2. The van der Waals surface area contributed by atoms with Crippen LogP contribution in [-0.2, 0) is 9.84 Å². The summed E-state index contributed by atoms with van der Waals surface area (Å²) in [5.74, 6) is 0.0996. The summed E-state index contributed by atoms with van der Waals surface area (Å²) in [7, 11) is -3.25. The fourth-order valence-electron chi connectivity index (χ4n) is 1.91. The minimum absolute atomic E-state index is 0.0996. The molecule has 0 aliphatic heterocycles. The minimum atomic E-state index is -3.25.